The molecule has 0 saturated heterocycles. The number of hydrogen-bond donors (Lipinski definition) is 1. The number of rotatable bonds is 6. The second-order valence-corrected chi connectivity index (χ2v) is 4.67. The summed E-state index contributed by atoms with van der Waals surface area (Å²) in [5.41, 5.74) is -0.233. The van der Waals surface area contributed by atoms with E-state index in [1.165, 1.54) is 17.9 Å². The summed E-state index contributed by atoms with van der Waals surface area (Å²) in [6, 6.07) is 3.49. The van der Waals surface area contributed by atoms with E-state index in [0.29, 0.717) is 6.42 Å². The maximum atomic E-state index is 14.0. The Morgan fingerprint density at radius 1 is 1.45 bits per heavy atom. The molecule has 1 unspecified atom stereocenters. The van der Waals surface area contributed by atoms with Crippen molar-refractivity contribution in [2.24, 2.45) is 0 Å². The number of methoxy groups -OCH3 is 1. The number of amides is 1. The van der Waals surface area contributed by atoms with Crippen LogP contribution in [0, 0.1) is 11.6 Å². The van der Waals surface area contributed by atoms with Crippen LogP contribution >= 0.6 is 0 Å². The fourth-order valence-electron chi connectivity index (χ4n) is 2.15. The first-order chi connectivity index (χ1) is 10.6. The van der Waals surface area contributed by atoms with Crippen molar-refractivity contribution in [3.8, 4) is 5.75 Å². The fourth-order valence-corrected chi connectivity index (χ4v) is 2.15. The van der Waals surface area contributed by atoms with Crippen molar-refractivity contribution in [2.45, 2.75) is 25.9 Å². The summed E-state index contributed by atoms with van der Waals surface area (Å²) in [7, 11) is 1.30. The minimum absolute atomic E-state index is 0.0650. The van der Waals surface area contributed by atoms with Crippen molar-refractivity contribution in [3.05, 3.63) is 47.8 Å². The number of aromatic nitrogens is 2. The van der Waals surface area contributed by atoms with Gasteiger partial charge in [-0.3, -0.25) is 9.48 Å². The van der Waals surface area contributed by atoms with Crippen LogP contribution in [0.2, 0.25) is 0 Å². The van der Waals surface area contributed by atoms with Gasteiger partial charge in [0.05, 0.1) is 7.11 Å². The predicted molar refractivity (Wildman–Crippen MR) is 76.3 cm³/mol. The van der Waals surface area contributed by atoms with Gasteiger partial charge >= 0.3 is 0 Å². The number of carbonyl (C=O) groups excluding carboxylic acids is 1. The predicted octanol–water partition coefficient (Wildman–Crippen LogP) is 2.44. The van der Waals surface area contributed by atoms with E-state index in [1.807, 2.05) is 6.92 Å². The summed E-state index contributed by atoms with van der Waals surface area (Å²) in [6.45, 7) is 1.57. The maximum Gasteiger partial charge on any atom is 0.245 e. The average molecular weight is 309 g/mol. The third-order valence-electron chi connectivity index (χ3n) is 3.34. The molecule has 7 heteroatoms. The Bertz CT molecular complexity index is 644. The van der Waals surface area contributed by atoms with Gasteiger partial charge in [0, 0.05) is 24.5 Å². The topological polar surface area (TPSA) is 56.1 Å². The normalized spacial score (nSPS) is 12.0. The Balaban J connectivity index is 2.11. The van der Waals surface area contributed by atoms with Crippen LogP contribution in [0.25, 0.3) is 0 Å². The Kier molecular flexibility index (Phi) is 5.08. The van der Waals surface area contributed by atoms with Crippen LogP contribution in [0.1, 0.15) is 24.9 Å². The largest absolute Gasteiger partial charge is 0.494 e. The highest BCUT2D eigenvalue weighted by molar-refractivity contribution is 5.80. The molecule has 0 aliphatic carbocycles. The van der Waals surface area contributed by atoms with Crippen LogP contribution in [0.5, 0.6) is 5.75 Å². The van der Waals surface area contributed by atoms with Gasteiger partial charge in [-0.1, -0.05) is 6.92 Å². The van der Waals surface area contributed by atoms with Gasteiger partial charge in [0.15, 0.2) is 11.6 Å². The first kappa shape index (κ1) is 15.9. The van der Waals surface area contributed by atoms with E-state index in [4.69, 9.17) is 4.74 Å². The number of ether oxygens (including phenoxy) is 1. The van der Waals surface area contributed by atoms with E-state index in [1.54, 1.807) is 18.5 Å². The molecule has 22 heavy (non-hydrogen) atoms. The third-order valence-corrected chi connectivity index (χ3v) is 3.34. The number of halogens is 2. The van der Waals surface area contributed by atoms with Crippen molar-refractivity contribution in [1.29, 1.82) is 0 Å². The number of benzene rings is 1. The first-order valence-corrected chi connectivity index (χ1v) is 6.86. The van der Waals surface area contributed by atoms with Gasteiger partial charge in [-0.2, -0.15) is 5.10 Å². The number of nitrogens with zero attached hydrogens (tertiary/aromatic N) is 2. The molecule has 1 heterocycles. The summed E-state index contributed by atoms with van der Waals surface area (Å²) in [4.78, 5) is 12.2. The van der Waals surface area contributed by atoms with Crippen molar-refractivity contribution in [1.82, 2.24) is 15.1 Å². The average Bonchev–Trinajstić information content (AvgIpc) is 3.02. The minimum Gasteiger partial charge on any atom is -0.494 e. The molecule has 1 aromatic heterocycles. The fraction of sp³-hybridized carbons (Fsp3) is 0.333. The van der Waals surface area contributed by atoms with E-state index in [0.717, 1.165) is 6.07 Å². The SMILES string of the molecule is CCC(C(=O)NCc1c(F)ccc(OC)c1F)n1cccn1. The van der Waals surface area contributed by atoms with Gasteiger partial charge in [0.2, 0.25) is 5.91 Å². The molecule has 1 aromatic carbocycles. The summed E-state index contributed by atoms with van der Waals surface area (Å²) in [5, 5.41) is 6.55. The minimum atomic E-state index is -0.810. The van der Waals surface area contributed by atoms with E-state index in [-0.39, 0.29) is 23.8 Å². The summed E-state index contributed by atoms with van der Waals surface area (Å²) < 4.78 is 34.0. The lowest BCUT2D eigenvalue weighted by molar-refractivity contribution is -0.124. The second-order valence-electron chi connectivity index (χ2n) is 4.67. The van der Waals surface area contributed by atoms with Gasteiger partial charge in [-0.25, -0.2) is 8.78 Å². The molecular weight excluding hydrogens is 292 g/mol. The van der Waals surface area contributed by atoms with E-state index in [9.17, 15) is 13.6 Å². The van der Waals surface area contributed by atoms with Gasteiger partial charge < -0.3 is 10.1 Å². The molecule has 0 spiro atoms. The number of carbonyl (C=O) groups is 1. The molecule has 1 N–H and O–H groups in total. The molecular formula is C15H17F2N3O2. The smallest absolute Gasteiger partial charge is 0.245 e. The van der Waals surface area contributed by atoms with E-state index >= 15 is 0 Å². The Morgan fingerprint density at radius 2 is 2.23 bits per heavy atom. The molecule has 2 rings (SSSR count). The Hall–Kier alpha value is -2.44. The molecule has 118 valence electrons. The molecule has 0 aliphatic rings. The lowest BCUT2D eigenvalue weighted by Gasteiger charge is -2.16. The van der Waals surface area contributed by atoms with Gasteiger partial charge in [-0.15, -0.1) is 0 Å². The van der Waals surface area contributed by atoms with E-state index < -0.39 is 17.7 Å². The van der Waals surface area contributed by atoms with Crippen LogP contribution in [0.4, 0.5) is 8.78 Å². The lowest BCUT2D eigenvalue weighted by Crippen LogP contribution is -2.32. The zero-order valence-corrected chi connectivity index (χ0v) is 12.3. The van der Waals surface area contributed by atoms with Crippen LogP contribution in [-0.4, -0.2) is 22.8 Å². The Morgan fingerprint density at radius 3 is 2.82 bits per heavy atom. The summed E-state index contributed by atoms with van der Waals surface area (Å²) in [6.07, 6.45) is 3.74. The zero-order valence-electron chi connectivity index (χ0n) is 12.3. The van der Waals surface area contributed by atoms with Crippen LogP contribution in [0.15, 0.2) is 30.6 Å². The molecule has 0 radical (unpaired) electrons. The molecule has 2 aromatic rings. The standard InChI is InChI=1S/C15H17F2N3O2/c1-3-12(20-8-4-7-19-20)15(21)18-9-10-11(16)5-6-13(22-2)14(10)17/h4-8,12H,3,9H2,1-2H3,(H,18,21). The number of hydrogen-bond acceptors (Lipinski definition) is 3. The van der Waals surface area contributed by atoms with Gasteiger partial charge in [0.25, 0.3) is 0 Å². The summed E-state index contributed by atoms with van der Waals surface area (Å²) in [5.74, 6) is -1.96. The lowest BCUT2D eigenvalue weighted by atomic mass is 10.1. The molecule has 0 aliphatic heterocycles. The molecule has 0 bridgehead atoms. The Labute approximate surface area is 126 Å². The van der Waals surface area contributed by atoms with Crippen LogP contribution in [0.3, 0.4) is 0 Å². The summed E-state index contributed by atoms with van der Waals surface area (Å²) >= 11 is 0. The van der Waals surface area contributed by atoms with E-state index in [2.05, 4.69) is 10.4 Å². The monoisotopic (exact) mass is 309 g/mol. The molecule has 0 saturated carbocycles. The molecule has 1 amide bonds. The van der Waals surface area contributed by atoms with Crippen molar-refractivity contribution in [2.75, 3.05) is 7.11 Å². The number of nitrogens with one attached hydrogen (secondary N) is 1. The quantitative estimate of drug-likeness (QED) is 0.891. The highest BCUT2D eigenvalue weighted by atomic mass is 19.1. The van der Waals surface area contributed by atoms with Gasteiger partial charge in [0.1, 0.15) is 11.9 Å². The zero-order chi connectivity index (χ0) is 16.1. The first-order valence-electron chi connectivity index (χ1n) is 6.86. The van der Waals surface area contributed by atoms with Crippen molar-refractivity contribution >= 4 is 5.91 Å². The highest BCUT2D eigenvalue weighted by Crippen LogP contribution is 2.23. The third kappa shape index (κ3) is 3.24. The molecule has 5 nitrogen and oxygen atoms in total. The van der Waals surface area contributed by atoms with Crippen molar-refractivity contribution < 1.29 is 18.3 Å². The molecule has 0 fully saturated rings. The van der Waals surface area contributed by atoms with Gasteiger partial charge in [-0.05, 0) is 24.6 Å². The van der Waals surface area contributed by atoms with Crippen molar-refractivity contribution in [3.63, 3.8) is 0 Å². The van der Waals surface area contributed by atoms with Crippen LogP contribution < -0.4 is 10.1 Å². The molecule has 1 atom stereocenters. The van der Waals surface area contributed by atoms with Crippen LogP contribution in [-0.2, 0) is 11.3 Å². The highest BCUT2D eigenvalue weighted by Gasteiger charge is 2.20. The second kappa shape index (κ2) is 7.02. The maximum absolute atomic E-state index is 14.0.